The third-order valence-electron chi connectivity index (χ3n) is 2.57. The Bertz CT molecular complexity index is 539. The van der Waals surface area contributed by atoms with Crippen LogP contribution in [0, 0.1) is 0 Å². The largest absolute Gasteiger partial charge is 1.00 e. The molecule has 0 spiro atoms. The summed E-state index contributed by atoms with van der Waals surface area (Å²) >= 11 is 1.14. The zero-order valence-electron chi connectivity index (χ0n) is 12.0. The van der Waals surface area contributed by atoms with E-state index in [2.05, 4.69) is 8.75 Å². The van der Waals surface area contributed by atoms with Crippen LogP contribution in [0.25, 0.3) is 11.3 Å². The molecule has 0 aliphatic rings. The number of halogens is 1. The molecule has 6 nitrogen and oxygen atoms in total. The summed E-state index contributed by atoms with van der Waals surface area (Å²) < 4.78 is 26.3. The molecule has 0 amide bonds. The topological polar surface area (TPSA) is 57.4 Å². The SMILES string of the molecule is COCCOCCOc1nsnc1-c1ccc[n+](C)c1.[I-]. The Hall–Kier alpha value is -0.840. The molecule has 0 saturated carbocycles. The zero-order valence-corrected chi connectivity index (χ0v) is 15.0. The number of aromatic nitrogens is 3. The highest BCUT2D eigenvalue weighted by Gasteiger charge is 2.14. The van der Waals surface area contributed by atoms with Crippen LogP contribution in [-0.4, -0.2) is 42.3 Å². The summed E-state index contributed by atoms with van der Waals surface area (Å²) in [5.41, 5.74) is 1.75. The van der Waals surface area contributed by atoms with Crippen molar-refractivity contribution in [2.24, 2.45) is 7.05 Å². The maximum Gasteiger partial charge on any atom is 0.254 e. The van der Waals surface area contributed by atoms with Gasteiger partial charge in [-0.1, -0.05) is 0 Å². The Kier molecular flexibility index (Phi) is 8.66. The number of ether oxygens (including phenoxy) is 3. The van der Waals surface area contributed by atoms with Crippen molar-refractivity contribution in [1.82, 2.24) is 8.75 Å². The number of aryl methyl sites for hydroxylation is 1. The van der Waals surface area contributed by atoms with Crippen LogP contribution in [-0.2, 0) is 16.5 Å². The van der Waals surface area contributed by atoms with Gasteiger partial charge < -0.3 is 38.2 Å². The Morgan fingerprint density at radius 2 is 2.00 bits per heavy atom. The average Bonchev–Trinajstić information content (AvgIpc) is 2.91. The van der Waals surface area contributed by atoms with E-state index in [1.165, 1.54) is 0 Å². The van der Waals surface area contributed by atoms with Crippen LogP contribution < -0.4 is 33.3 Å². The number of hydrogen-bond acceptors (Lipinski definition) is 6. The van der Waals surface area contributed by atoms with E-state index < -0.39 is 0 Å². The molecule has 116 valence electrons. The first-order valence-corrected chi connectivity index (χ1v) is 7.02. The van der Waals surface area contributed by atoms with Crippen LogP contribution in [0.4, 0.5) is 0 Å². The Labute approximate surface area is 145 Å². The monoisotopic (exact) mass is 423 g/mol. The Morgan fingerprint density at radius 3 is 2.76 bits per heavy atom. The second kappa shape index (κ2) is 9.98. The van der Waals surface area contributed by atoms with Gasteiger partial charge in [-0.3, -0.25) is 0 Å². The molecular formula is C13H18IN3O3S. The quantitative estimate of drug-likeness (QED) is 0.282. The molecule has 0 N–H and O–H groups in total. The van der Waals surface area contributed by atoms with Gasteiger partial charge in [0.2, 0.25) is 0 Å². The van der Waals surface area contributed by atoms with Crippen molar-refractivity contribution in [1.29, 1.82) is 0 Å². The third kappa shape index (κ3) is 5.81. The molecule has 0 aromatic carbocycles. The zero-order chi connectivity index (χ0) is 14.2. The highest BCUT2D eigenvalue weighted by Crippen LogP contribution is 2.26. The number of pyridine rings is 1. The number of rotatable bonds is 8. The minimum atomic E-state index is 0. The molecule has 0 radical (unpaired) electrons. The van der Waals surface area contributed by atoms with Crippen LogP contribution in [0.2, 0.25) is 0 Å². The van der Waals surface area contributed by atoms with Gasteiger partial charge in [0.25, 0.3) is 5.88 Å². The molecule has 2 aromatic rings. The molecule has 0 atom stereocenters. The Morgan fingerprint density at radius 1 is 1.19 bits per heavy atom. The lowest BCUT2D eigenvalue weighted by molar-refractivity contribution is -0.671. The minimum absolute atomic E-state index is 0. The maximum atomic E-state index is 5.61. The van der Waals surface area contributed by atoms with Crippen molar-refractivity contribution in [2.75, 3.05) is 33.5 Å². The molecule has 0 aliphatic carbocycles. The van der Waals surface area contributed by atoms with E-state index >= 15 is 0 Å². The van der Waals surface area contributed by atoms with Gasteiger partial charge in [-0.15, -0.1) is 4.37 Å². The molecule has 0 bridgehead atoms. The van der Waals surface area contributed by atoms with Crippen LogP contribution in [0.5, 0.6) is 5.88 Å². The second-order valence-corrected chi connectivity index (χ2v) is 4.66. The summed E-state index contributed by atoms with van der Waals surface area (Å²) in [6.07, 6.45) is 3.95. The molecule has 0 saturated heterocycles. The first-order valence-electron chi connectivity index (χ1n) is 6.29. The highest BCUT2D eigenvalue weighted by molar-refractivity contribution is 6.99. The lowest BCUT2D eigenvalue weighted by Crippen LogP contribution is -3.00. The van der Waals surface area contributed by atoms with Crippen molar-refractivity contribution in [3.8, 4) is 17.1 Å². The molecule has 2 heterocycles. The van der Waals surface area contributed by atoms with Crippen molar-refractivity contribution >= 4 is 11.7 Å². The maximum absolute atomic E-state index is 5.61. The first kappa shape index (κ1) is 18.2. The summed E-state index contributed by atoms with van der Waals surface area (Å²) in [7, 11) is 3.61. The van der Waals surface area contributed by atoms with Crippen LogP contribution in [0.3, 0.4) is 0 Å². The van der Waals surface area contributed by atoms with Gasteiger partial charge in [0.15, 0.2) is 18.1 Å². The van der Waals surface area contributed by atoms with Gasteiger partial charge in [0, 0.05) is 13.2 Å². The van der Waals surface area contributed by atoms with E-state index in [9.17, 15) is 0 Å². The second-order valence-electron chi connectivity index (χ2n) is 4.13. The summed E-state index contributed by atoms with van der Waals surface area (Å²) in [6, 6.07) is 3.95. The highest BCUT2D eigenvalue weighted by atomic mass is 127. The van der Waals surface area contributed by atoms with E-state index in [-0.39, 0.29) is 24.0 Å². The minimum Gasteiger partial charge on any atom is -1.00 e. The molecule has 2 rings (SSSR count). The predicted octanol–water partition coefficient (Wildman–Crippen LogP) is -1.92. The van der Waals surface area contributed by atoms with E-state index in [4.69, 9.17) is 14.2 Å². The van der Waals surface area contributed by atoms with Gasteiger partial charge in [0.05, 0.1) is 37.1 Å². The van der Waals surface area contributed by atoms with E-state index in [1.807, 2.05) is 36.1 Å². The standard InChI is InChI=1S/C13H18N3O3S.HI/c1-16-5-3-4-11(10-16)12-13(15-20-14-12)19-9-8-18-7-6-17-2;/h3-5,10H,6-9H2,1-2H3;1H/q+1;/p-1. The smallest absolute Gasteiger partial charge is 0.254 e. The average molecular weight is 423 g/mol. The fraction of sp³-hybridized carbons (Fsp3) is 0.462. The van der Waals surface area contributed by atoms with Gasteiger partial charge in [-0.05, 0) is 6.07 Å². The Balaban J connectivity index is 0.00000220. The molecule has 0 unspecified atom stereocenters. The predicted molar refractivity (Wildman–Crippen MR) is 74.7 cm³/mol. The fourth-order valence-electron chi connectivity index (χ4n) is 1.62. The molecule has 0 aliphatic heterocycles. The number of methoxy groups -OCH3 is 1. The lowest BCUT2D eigenvalue weighted by atomic mass is 10.2. The third-order valence-corrected chi connectivity index (χ3v) is 3.08. The van der Waals surface area contributed by atoms with E-state index in [0.29, 0.717) is 32.3 Å². The van der Waals surface area contributed by atoms with Crippen LogP contribution >= 0.6 is 11.7 Å². The van der Waals surface area contributed by atoms with Crippen LogP contribution in [0.15, 0.2) is 24.5 Å². The van der Waals surface area contributed by atoms with E-state index in [0.717, 1.165) is 23.0 Å². The summed E-state index contributed by atoms with van der Waals surface area (Å²) in [6.45, 7) is 2.10. The van der Waals surface area contributed by atoms with Gasteiger partial charge in [-0.2, -0.15) is 4.37 Å². The molecule has 21 heavy (non-hydrogen) atoms. The van der Waals surface area contributed by atoms with Crippen LogP contribution in [0.1, 0.15) is 0 Å². The summed E-state index contributed by atoms with van der Waals surface area (Å²) in [5, 5.41) is 0. The molecule has 0 fully saturated rings. The molecule has 8 heteroatoms. The van der Waals surface area contributed by atoms with Crippen molar-refractivity contribution in [2.45, 2.75) is 0 Å². The number of nitrogens with zero attached hydrogens (tertiary/aromatic N) is 3. The summed E-state index contributed by atoms with van der Waals surface area (Å²) in [4.78, 5) is 0. The van der Waals surface area contributed by atoms with Gasteiger partial charge in [-0.25, -0.2) is 4.57 Å². The van der Waals surface area contributed by atoms with Gasteiger partial charge >= 0.3 is 0 Å². The summed E-state index contributed by atoms with van der Waals surface area (Å²) in [5.74, 6) is 0.552. The fourth-order valence-corrected chi connectivity index (χ4v) is 2.14. The van der Waals surface area contributed by atoms with Crippen molar-refractivity contribution < 1.29 is 42.8 Å². The molecular weight excluding hydrogens is 405 g/mol. The van der Waals surface area contributed by atoms with Gasteiger partial charge in [0.1, 0.15) is 13.7 Å². The van der Waals surface area contributed by atoms with E-state index in [1.54, 1.807) is 7.11 Å². The molecule has 2 aromatic heterocycles. The first-order chi connectivity index (χ1) is 9.81. The van der Waals surface area contributed by atoms with Crippen molar-refractivity contribution in [3.05, 3.63) is 24.5 Å². The normalized spacial score (nSPS) is 10.2. The van der Waals surface area contributed by atoms with Crippen molar-refractivity contribution in [3.63, 3.8) is 0 Å². The lowest BCUT2D eigenvalue weighted by Gasteiger charge is -2.05. The number of hydrogen-bond donors (Lipinski definition) is 0.